The summed E-state index contributed by atoms with van der Waals surface area (Å²) in [6.45, 7) is 0. The maximum atomic E-state index is 12.5. The van der Waals surface area contributed by atoms with Gasteiger partial charge in [0.25, 0.3) is 0 Å². The lowest BCUT2D eigenvalue weighted by Gasteiger charge is -2.11. The summed E-state index contributed by atoms with van der Waals surface area (Å²) in [5, 5.41) is 8.78. The minimum absolute atomic E-state index is 0.175. The van der Waals surface area contributed by atoms with Crippen molar-refractivity contribution in [3.8, 4) is 0 Å². The van der Waals surface area contributed by atoms with Crippen LogP contribution in [0.3, 0.4) is 0 Å². The van der Waals surface area contributed by atoms with Gasteiger partial charge >= 0.3 is 12.1 Å². The molecular weight excluding hydrogens is 257 g/mol. The molecule has 0 spiro atoms. The van der Waals surface area contributed by atoms with Crippen LogP contribution in [0.15, 0.2) is 35.9 Å². The average molecular weight is 265 g/mol. The SMILES string of the molecule is O=C(O)/C=C(\Cc1ccc(Cl)cc1)C(F)(F)F. The average Bonchev–Trinajstić information content (AvgIpc) is 2.18. The molecule has 92 valence electrons. The van der Waals surface area contributed by atoms with E-state index < -0.39 is 24.1 Å². The Balaban J connectivity index is 2.95. The van der Waals surface area contributed by atoms with Crippen LogP contribution in [0, 0.1) is 0 Å². The highest BCUT2D eigenvalue weighted by Gasteiger charge is 2.34. The smallest absolute Gasteiger partial charge is 0.413 e. The van der Waals surface area contributed by atoms with E-state index in [1.807, 2.05) is 0 Å². The monoisotopic (exact) mass is 264 g/mol. The molecule has 0 aliphatic rings. The van der Waals surface area contributed by atoms with Gasteiger partial charge in [-0.1, -0.05) is 23.7 Å². The van der Waals surface area contributed by atoms with E-state index in [1.165, 1.54) is 24.3 Å². The zero-order valence-electron chi connectivity index (χ0n) is 8.46. The number of allylic oxidation sites excluding steroid dienone is 1. The zero-order chi connectivity index (χ0) is 13.1. The first-order valence-corrected chi connectivity index (χ1v) is 4.92. The second-order valence-electron chi connectivity index (χ2n) is 3.31. The van der Waals surface area contributed by atoms with Crippen molar-refractivity contribution in [2.45, 2.75) is 12.6 Å². The van der Waals surface area contributed by atoms with Gasteiger partial charge < -0.3 is 5.11 Å². The first-order chi connectivity index (χ1) is 7.79. The van der Waals surface area contributed by atoms with Crippen molar-refractivity contribution in [2.75, 3.05) is 0 Å². The molecule has 1 N–H and O–H groups in total. The highest BCUT2D eigenvalue weighted by molar-refractivity contribution is 6.30. The number of carbonyl (C=O) groups is 1. The molecule has 0 aliphatic carbocycles. The van der Waals surface area contributed by atoms with Gasteiger partial charge in [-0.2, -0.15) is 13.2 Å². The van der Waals surface area contributed by atoms with E-state index >= 15 is 0 Å². The minimum Gasteiger partial charge on any atom is -0.478 e. The molecule has 0 aliphatic heterocycles. The Hall–Kier alpha value is -1.49. The Kier molecular flexibility index (Phi) is 4.17. The Bertz CT molecular complexity index is 435. The van der Waals surface area contributed by atoms with Gasteiger partial charge in [0.05, 0.1) is 0 Å². The molecule has 0 radical (unpaired) electrons. The second-order valence-corrected chi connectivity index (χ2v) is 3.75. The fourth-order valence-corrected chi connectivity index (χ4v) is 1.33. The quantitative estimate of drug-likeness (QED) is 0.849. The van der Waals surface area contributed by atoms with E-state index in [4.69, 9.17) is 16.7 Å². The summed E-state index contributed by atoms with van der Waals surface area (Å²) in [5.41, 5.74) is -0.758. The summed E-state index contributed by atoms with van der Waals surface area (Å²) >= 11 is 5.59. The number of halogens is 4. The largest absolute Gasteiger partial charge is 0.478 e. The van der Waals surface area contributed by atoms with E-state index in [-0.39, 0.29) is 6.08 Å². The summed E-state index contributed by atoms with van der Waals surface area (Å²) in [5.74, 6) is -1.62. The number of hydrogen-bond acceptors (Lipinski definition) is 1. The molecule has 0 aromatic heterocycles. The molecule has 0 bridgehead atoms. The molecule has 0 atom stereocenters. The topological polar surface area (TPSA) is 37.3 Å². The third-order valence-electron chi connectivity index (χ3n) is 1.97. The molecular formula is C11H8ClF3O2. The third-order valence-corrected chi connectivity index (χ3v) is 2.22. The van der Waals surface area contributed by atoms with Crippen LogP contribution in [0.25, 0.3) is 0 Å². The van der Waals surface area contributed by atoms with Gasteiger partial charge in [0.15, 0.2) is 0 Å². The Labute approximate surface area is 100 Å². The molecule has 2 nitrogen and oxygen atoms in total. The predicted octanol–water partition coefficient (Wildman–Crippen LogP) is 3.46. The van der Waals surface area contributed by atoms with E-state index in [9.17, 15) is 18.0 Å². The van der Waals surface area contributed by atoms with Crippen LogP contribution in [-0.4, -0.2) is 17.3 Å². The Morgan fingerprint density at radius 2 is 1.82 bits per heavy atom. The summed E-state index contributed by atoms with van der Waals surface area (Å²) in [6.07, 6.45) is -4.97. The maximum absolute atomic E-state index is 12.5. The van der Waals surface area contributed by atoms with Crippen LogP contribution in [0.4, 0.5) is 13.2 Å². The first-order valence-electron chi connectivity index (χ1n) is 4.54. The number of benzene rings is 1. The number of carboxylic acids is 1. The highest BCUT2D eigenvalue weighted by Crippen LogP contribution is 2.28. The van der Waals surface area contributed by atoms with Crippen LogP contribution in [0.5, 0.6) is 0 Å². The number of carboxylic acid groups (broad SMARTS) is 1. The molecule has 17 heavy (non-hydrogen) atoms. The van der Waals surface area contributed by atoms with Crippen molar-refractivity contribution in [3.05, 3.63) is 46.5 Å². The molecule has 0 saturated carbocycles. The molecule has 0 saturated heterocycles. The molecule has 0 heterocycles. The summed E-state index contributed by atoms with van der Waals surface area (Å²) in [7, 11) is 0. The van der Waals surface area contributed by atoms with Gasteiger partial charge in [-0.05, 0) is 17.7 Å². The van der Waals surface area contributed by atoms with Crippen LogP contribution in [0.2, 0.25) is 5.02 Å². The van der Waals surface area contributed by atoms with Crippen molar-refractivity contribution in [1.29, 1.82) is 0 Å². The second kappa shape index (κ2) is 5.23. The van der Waals surface area contributed by atoms with Crippen molar-refractivity contribution < 1.29 is 23.1 Å². The number of aliphatic carboxylic acids is 1. The lowest BCUT2D eigenvalue weighted by Crippen LogP contribution is -2.15. The molecule has 0 fully saturated rings. The van der Waals surface area contributed by atoms with Gasteiger partial charge in [-0.3, -0.25) is 0 Å². The van der Waals surface area contributed by atoms with Crippen LogP contribution < -0.4 is 0 Å². The van der Waals surface area contributed by atoms with Crippen LogP contribution in [0.1, 0.15) is 5.56 Å². The van der Waals surface area contributed by atoms with Gasteiger partial charge in [0.2, 0.25) is 0 Å². The molecule has 1 rings (SSSR count). The van der Waals surface area contributed by atoms with E-state index in [0.29, 0.717) is 10.6 Å². The number of rotatable bonds is 3. The Morgan fingerprint density at radius 1 is 1.29 bits per heavy atom. The number of hydrogen-bond donors (Lipinski definition) is 1. The van der Waals surface area contributed by atoms with Crippen molar-refractivity contribution >= 4 is 17.6 Å². The molecule has 1 aromatic carbocycles. The normalized spacial score (nSPS) is 12.6. The molecule has 6 heteroatoms. The van der Waals surface area contributed by atoms with Gasteiger partial charge in [-0.25, -0.2) is 4.79 Å². The summed E-state index contributed by atoms with van der Waals surface area (Å²) < 4.78 is 37.5. The van der Waals surface area contributed by atoms with Crippen molar-refractivity contribution in [1.82, 2.24) is 0 Å². The fraction of sp³-hybridized carbons (Fsp3) is 0.182. The molecule has 1 aromatic rings. The lowest BCUT2D eigenvalue weighted by atomic mass is 10.0. The molecule has 0 unspecified atom stereocenters. The van der Waals surface area contributed by atoms with Gasteiger partial charge in [0.1, 0.15) is 0 Å². The van der Waals surface area contributed by atoms with E-state index in [2.05, 4.69) is 0 Å². The Morgan fingerprint density at radius 3 is 2.24 bits per heavy atom. The van der Waals surface area contributed by atoms with Crippen molar-refractivity contribution in [2.24, 2.45) is 0 Å². The van der Waals surface area contributed by atoms with Gasteiger partial charge in [0, 0.05) is 23.1 Å². The van der Waals surface area contributed by atoms with E-state index in [0.717, 1.165) is 0 Å². The van der Waals surface area contributed by atoms with E-state index in [1.54, 1.807) is 0 Å². The fourth-order valence-electron chi connectivity index (χ4n) is 1.20. The maximum Gasteiger partial charge on any atom is 0.413 e. The summed E-state index contributed by atoms with van der Waals surface area (Å²) in [6, 6.07) is 5.74. The van der Waals surface area contributed by atoms with Gasteiger partial charge in [-0.15, -0.1) is 0 Å². The third kappa shape index (κ3) is 4.48. The standard InChI is InChI=1S/C11H8ClF3O2/c12-9-3-1-7(2-4-9)5-8(6-10(16)17)11(13,14)15/h1-4,6H,5H2,(H,16,17)/b8-6+. The lowest BCUT2D eigenvalue weighted by molar-refractivity contribution is -0.132. The van der Waals surface area contributed by atoms with Crippen LogP contribution in [-0.2, 0) is 11.2 Å². The minimum atomic E-state index is -4.65. The van der Waals surface area contributed by atoms with Crippen LogP contribution >= 0.6 is 11.6 Å². The summed E-state index contributed by atoms with van der Waals surface area (Å²) in [4.78, 5) is 10.3. The zero-order valence-corrected chi connectivity index (χ0v) is 9.22. The highest BCUT2D eigenvalue weighted by atomic mass is 35.5. The van der Waals surface area contributed by atoms with Crippen molar-refractivity contribution in [3.63, 3.8) is 0 Å². The first kappa shape index (κ1) is 13.6. The predicted molar refractivity (Wildman–Crippen MR) is 56.9 cm³/mol. The number of alkyl halides is 3. The molecule has 0 amide bonds.